The molecule has 3 N–H and O–H groups in total. The standard InChI is InChI=1S/C52H59N9O8S/c1-35-48(70-34-54-35)39-12-10-36(11-13-39)28-53-50(64)45-27-42(62)30-61(45)51(65)49(52(2,3)4)56-47(63)33-68-25-24-67-23-22-66-21-20-60-29-41(57-58-60)32-69-43-16-14-38(15-17-43)44-31-59-19-18-40(26-46(59)55-44)37-8-6-5-7-9-37/h5-19,26,29,31,34,42,45,49,62H,20-25,27-28,30,32-33H2,1-4H3,(H,53,64)(H,56,63)/t42-,45+,49-/m1/s1/i31D. The van der Waals surface area contributed by atoms with E-state index in [1.54, 1.807) is 26.6 Å². The van der Waals surface area contributed by atoms with E-state index in [1.165, 1.54) is 4.90 Å². The molecule has 4 aromatic heterocycles. The first-order chi connectivity index (χ1) is 34.3. The molecule has 1 fully saturated rings. The number of hydrogen-bond acceptors (Lipinski definition) is 13. The van der Waals surface area contributed by atoms with Crippen molar-refractivity contribution in [3.8, 4) is 38.6 Å². The Morgan fingerprint density at radius 2 is 1.63 bits per heavy atom. The van der Waals surface area contributed by atoms with Crippen molar-refractivity contribution >= 4 is 34.7 Å². The van der Waals surface area contributed by atoms with Crippen molar-refractivity contribution in [1.82, 2.24) is 44.9 Å². The lowest BCUT2D eigenvalue weighted by atomic mass is 9.85. The molecule has 3 amide bonds. The number of nitrogens with one attached hydrogen (secondary N) is 2. The molecule has 1 aliphatic rings. The third-order valence-corrected chi connectivity index (χ3v) is 12.7. The second-order valence-electron chi connectivity index (χ2n) is 18.1. The topological polar surface area (TPSA) is 197 Å². The number of imidazole rings is 1. The highest BCUT2D eigenvalue weighted by atomic mass is 32.1. The molecular formula is C52H59N9O8S. The highest BCUT2D eigenvalue weighted by molar-refractivity contribution is 7.13. The maximum Gasteiger partial charge on any atom is 0.246 e. The summed E-state index contributed by atoms with van der Waals surface area (Å²) in [6.45, 7) is 9.52. The zero-order valence-corrected chi connectivity index (χ0v) is 40.6. The Morgan fingerprint density at radius 3 is 2.36 bits per heavy atom. The molecule has 5 heterocycles. The molecule has 366 valence electrons. The molecule has 0 saturated carbocycles. The quantitative estimate of drug-likeness (QED) is 0.0659. The number of hydrogen-bond donors (Lipinski definition) is 3. The number of aliphatic hydroxyl groups is 1. The van der Waals surface area contributed by atoms with Crippen molar-refractivity contribution in [1.29, 1.82) is 0 Å². The van der Waals surface area contributed by atoms with Crippen molar-refractivity contribution in [2.45, 2.75) is 72.0 Å². The summed E-state index contributed by atoms with van der Waals surface area (Å²) in [4.78, 5) is 51.9. The van der Waals surface area contributed by atoms with Crippen LogP contribution in [0, 0.1) is 12.3 Å². The number of thiazole rings is 1. The van der Waals surface area contributed by atoms with E-state index >= 15 is 0 Å². The summed E-state index contributed by atoms with van der Waals surface area (Å²) in [5, 5.41) is 24.6. The third-order valence-electron chi connectivity index (χ3n) is 11.7. The number of pyridine rings is 1. The summed E-state index contributed by atoms with van der Waals surface area (Å²) in [5.41, 5.74) is 8.91. The molecule has 17 nitrogen and oxygen atoms in total. The molecule has 0 spiro atoms. The number of rotatable bonds is 22. The van der Waals surface area contributed by atoms with Crippen LogP contribution in [0.1, 0.15) is 45.5 Å². The van der Waals surface area contributed by atoms with E-state index in [4.69, 9.17) is 25.3 Å². The summed E-state index contributed by atoms with van der Waals surface area (Å²) < 4.78 is 35.0. The number of aliphatic hydroxyl groups excluding tert-OH is 1. The number of fused-ring (bicyclic) bond motifs is 1. The second-order valence-corrected chi connectivity index (χ2v) is 18.9. The molecule has 8 rings (SSSR count). The molecule has 0 radical (unpaired) electrons. The van der Waals surface area contributed by atoms with Crippen LogP contribution in [0.5, 0.6) is 5.75 Å². The lowest BCUT2D eigenvalue weighted by Crippen LogP contribution is -2.58. The monoisotopic (exact) mass is 970 g/mol. The maximum absolute atomic E-state index is 13.9. The average molecular weight is 971 g/mol. The van der Waals surface area contributed by atoms with Gasteiger partial charge in [-0.2, -0.15) is 0 Å². The number of ether oxygens (including phenoxy) is 4. The summed E-state index contributed by atoms with van der Waals surface area (Å²) in [6.07, 6.45) is 3.21. The minimum Gasteiger partial charge on any atom is -0.487 e. The summed E-state index contributed by atoms with van der Waals surface area (Å²) in [5.74, 6) is -0.660. The van der Waals surface area contributed by atoms with Crippen LogP contribution in [0.15, 0.2) is 115 Å². The minimum absolute atomic E-state index is 0.0199. The van der Waals surface area contributed by atoms with Gasteiger partial charge in [0.05, 0.1) is 75.0 Å². The van der Waals surface area contributed by atoms with Crippen LogP contribution in [0.2, 0.25) is 0 Å². The molecule has 0 aliphatic carbocycles. The van der Waals surface area contributed by atoms with E-state index in [9.17, 15) is 19.5 Å². The van der Waals surface area contributed by atoms with Crippen molar-refractivity contribution in [3.63, 3.8) is 0 Å². The molecule has 1 saturated heterocycles. The molecule has 0 bridgehead atoms. The van der Waals surface area contributed by atoms with Gasteiger partial charge in [-0.05, 0) is 71.0 Å². The Labute approximate surface area is 412 Å². The number of carbonyl (C=O) groups is 3. The number of likely N-dealkylation sites (tertiary alicyclic amines) is 1. The van der Waals surface area contributed by atoms with Gasteiger partial charge in [0, 0.05) is 37.4 Å². The Hall–Kier alpha value is -6.83. The van der Waals surface area contributed by atoms with Gasteiger partial charge in [0.1, 0.15) is 42.4 Å². The van der Waals surface area contributed by atoms with Gasteiger partial charge >= 0.3 is 0 Å². The lowest BCUT2D eigenvalue weighted by molar-refractivity contribution is -0.144. The van der Waals surface area contributed by atoms with Gasteiger partial charge in [0.2, 0.25) is 17.7 Å². The first kappa shape index (κ1) is 48.2. The predicted octanol–water partition coefficient (Wildman–Crippen LogP) is 6.13. The zero-order chi connectivity index (χ0) is 49.9. The first-order valence-corrected chi connectivity index (χ1v) is 24.1. The van der Waals surface area contributed by atoms with Gasteiger partial charge in [-0.25, -0.2) is 14.6 Å². The first-order valence-electron chi connectivity index (χ1n) is 23.8. The summed E-state index contributed by atoms with van der Waals surface area (Å²) in [6, 6.07) is 27.5. The number of carbonyl (C=O) groups excluding carboxylic acids is 3. The number of amides is 3. The maximum atomic E-state index is 13.9. The van der Waals surface area contributed by atoms with E-state index in [2.05, 4.69) is 38.1 Å². The van der Waals surface area contributed by atoms with E-state index in [0.29, 0.717) is 55.3 Å². The van der Waals surface area contributed by atoms with Crippen LogP contribution < -0.4 is 15.4 Å². The van der Waals surface area contributed by atoms with Gasteiger partial charge in [-0.1, -0.05) is 80.6 Å². The highest BCUT2D eigenvalue weighted by Gasteiger charge is 2.44. The smallest absolute Gasteiger partial charge is 0.246 e. The highest BCUT2D eigenvalue weighted by Crippen LogP contribution is 2.29. The fourth-order valence-electron chi connectivity index (χ4n) is 7.99. The molecule has 7 aromatic rings. The van der Waals surface area contributed by atoms with E-state index in [1.807, 2.05) is 118 Å². The van der Waals surface area contributed by atoms with Gasteiger partial charge in [-0.3, -0.25) is 14.4 Å². The van der Waals surface area contributed by atoms with Crippen molar-refractivity contribution in [3.05, 3.63) is 132 Å². The molecule has 70 heavy (non-hydrogen) atoms. The van der Waals surface area contributed by atoms with Crippen LogP contribution in [0.4, 0.5) is 0 Å². The number of nitrogens with zero attached hydrogens (tertiary/aromatic N) is 7. The largest absolute Gasteiger partial charge is 0.487 e. The fraction of sp³-hybridized carbons (Fsp3) is 0.365. The molecular weight excluding hydrogens is 911 g/mol. The van der Waals surface area contributed by atoms with Gasteiger partial charge in [0.25, 0.3) is 0 Å². The molecule has 1 aliphatic heterocycles. The van der Waals surface area contributed by atoms with Crippen LogP contribution in [-0.4, -0.2) is 121 Å². The number of aromatic nitrogens is 6. The number of benzene rings is 3. The number of aryl methyl sites for hydroxylation is 1. The van der Waals surface area contributed by atoms with Crippen molar-refractivity contribution in [2.24, 2.45) is 5.41 Å². The lowest BCUT2D eigenvalue weighted by Gasteiger charge is -2.35. The summed E-state index contributed by atoms with van der Waals surface area (Å²) in [7, 11) is 0. The number of β-amino-alcohol motifs (C(OH)–C–C–N with tert-alkyl or cyclic N) is 1. The zero-order valence-electron chi connectivity index (χ0n) is 40.7. The SMILES string of the molecule is [2H]c1c(-c2ccc(OCc3cn(CCOCCOCCOCC(=O)N[C@H](C(=O)N4C[C@H](O)C[C@H]4C(=O)NCc4ccc(-c5scnc5C)cc4)C(C)(C)C)nn3)cc2)nc2cc(-c3ccccc3)ccn12. The van der Waals surface area contributed by atoms with Gasteiger partial charge < -0.3 is 44.0 Å². The molecule has 3 atom stereocenters. The van der Waals surface area contributed by atoms with Gasteiger partial charge in [0.15, 0.2) is 0 Å². The Kier molecular flexibility index (Phi) is 16.0. The molecule has 0 unspecified atom stereocenters. The fourth-order valence-corrected chi connectivity index (χ4v) is 8.80. The van der Waals surface area contributed by atoms with Crippen molar-refractivity contribution in [2.75, 3.05) is 46.2 Å². The molecule has 18 heteroatoms. The second kappa shape index (κ2) is 23.2. The summed E-state index contributed by atoms with van der Waals surface area (Å²) >= 11 is 1.57. The molecule has 3 aromatic carbocycles. The van der Waals surface area contributed by atoms with Gasteiger partial charge in [-0.15, -0.1) is 16.4 Å². The van der Waals surface area contributed by atoms with E-state index in [-0.39, 0.29) is 51.8 Å². The van der Waals surface area contributed by atoms with Crippen LogP contribution in [0.3, 0.4) is 0 Å². The third kappa shape index (κ3) is 13.1. The van der Waals surface area contributed by atoms with Crippen LogP contribution in [-0.2, 0) is 48.3 Å². The van der Waals surface area contributed by atoms with E-state index < -0.39 is 35.4 Å². The Balaban J connectivity index is 0.689. The van der Waals surface area contributed by atoms with Crippen LogP contribution >= 0.6 is 11.3 Å². The normalized spacial score (nSPS) is 15.5. The van der Waals surface area contributed by atoms with E-state index in [0.717, 1.165) is 38.4 Å². The minimum atomic E-state index is -0.970. The predicted molar refractivity (Wildman–Crippen MR) is 265 cm³/mol. The van der Waals surface area contributed by atoms with Crippen molar-refractivity contribution < 1.29 is 39.8 Å². The Bertz CT molecular complexity index is 2880. The Morgan fingerprint density at radius 1 is 0.900 bits per heavy atom. The average Bonchev–Trinajstić information content (AvgIpc) is 4.19. The van der Waals surface area contributed by atoms with Crippen LogP contribution in [0.25, 0.3) is 38.5 Å².